The number of carbonyl (C=O) groups is 2. The van der Waals surface area contributed by atoms with Crippen LogP contribution in [0.3, 0.4) is 0 Å². The van der Waals surface area contributed by atoms with Crippen molar-refractivity contribution in [2.45, 2.75) is 58.0 Å². The number of benzene rings is 2. The number of hydrogen-bond donors (Lipinski definition) is 2. The second-order valence-electron chi connectivity index (χ2n) is 7.88. The van der Waals surface area contributed by atoms with Crippen molar-refractivity contribution < 1.29 is 19.1 Å². The van der Waals surface area contributed by atoms with Crippen molar-refractivity contribution in [1.82, 2.24) is 5.32 Å². The molecule has 6 nitrogen and oxygen atoms in total. The van der Waals surface area contributed by atoms with E-state index in [4.69, 9.17) is 21.7 Å². The summed E-state index contributed by atoms with van der Waals surface area (Å²) in [5.74, 6) is 0.0252. The van der Waals surface area contributed by atoms with Gasteiger partial charge in [-0.05, 0) is 86.8 Å². The summed E-state index contributed by atoms with van der Waals surface area (Å²) >= 11 is 5.26. The Labute approximate surface area is 194 Å². The zero-order valence-corrected chi connectivity index (χ0v) is 19.2. The standard InChI is InChI=1S/C25H30N2O4S/c1-2-3-16-30-22-11-7-8-19(17-22)23(28)27-25(32)26-20-14-12-18(13-15-20)24(29)31-21-9-5-4-6-10-21/h7-8,11-15,17,21H,2-6,9-10,16H2,1H3,(H2,26,27,28,32). The molecule has 0 aliphatic heterocycles. The van der Waals surface area contributed by atoms with E-state index in [1.165, 1.54) is 6.42 Å². The summed E-state index contributed by atoms with van der Waals surface area (Å²) in [4.78, 5) is 24.8. The number of amides is 1. The molecule has 170 valence electrons. The number of esters is 1. The first kappa shape index (κ1) is 23.7. The number of ether oxygens (including phenoxy) is 2. The molecule has 0 unspecified atom stereocenters. The Morgan fingerprint density at radius 1 is 1.03 bits per heavy atom. The fraction of sp³-hybridized carbons (Fsp3) is 0.400. The lowest BCUT2D eigenvalue weighted by Gasteiger charge is -2.21. The second-order valence-corrected chi connectivity index (χ2v) is 8.29. The van der Waals surface area contributed by atoms with Gasteiger partial charge in [-0.1, -0.05) is 25.8 Å². The van der Waals surface area contributed by atoms with Gasteiger partial charge in [0.15, 0.2) is 5.11 Å². The quantitative estimate of drug-likeness (QED) is 0.312. The van der Waals surface area contributed by atoms with E-state index < -0.39 is 0 Å². The molecule has 0 atom stereocenters. The Hall–Kier alpha value is -2.93. The van der Waals surface area contributed by atoms with Crippen LogP contribution in [0, 0.1) is 0 Å². The number of thiocarbonyl (C=S) groups is 1. The molecule has 32 heavy (non-hydrogen) atoms. The van der Waals surface area contributed by atoms with Gasteiger partial charge in [-0.15, -0.1) is 0 Å². The minimum Gasteiger partial charge on any atom is -0.494 e. The van der Waals surface area contributed by atoms with Crippen molar-refractivity contribution in [2.75, 3.05) is 11.9 Å². The maximum absolute atomic E-state index is 12.5. The highest BCUT2D eigenvalue weighted by molar-refractivity contribution is 7.80. The van der Waals surface area contributed by atoms with Crippen LogP contribution in [0.4, 0.5) is 5.69 Å². The van der Waals surface area contributed by atoms with E-state index >= 15 is 0 Å². The predicted octanol–water partition coefficient (Wildman–Crippen LogP) is 5.48. The predicted molar refractivity (Wildman–Crippen MR) is 129 cm³/mol. The van der Waals surface area contributed by atoms with Crippen LogP contribution in [-0.2, 0) is 4.74 Å². The average molecular weight is 455 g/mol. The third-order valence-electron chi connectivity index (χ3n) is 5.29. The van der Waals surface area contributed by atoms with E-state index in [0.29, 0.717) is 29.2 Å². The van der Waals surface area contributed by atoms with Crippen LogP contribution in [-0.4, -0.2) is 29.7 Å². The molecule has 1 aliphatic rings. The van der Waals surface area contributed by atoms with E-state index in [2.05, 4.69) is 17.6 Å². The van der Waals surface area contributed by atoms with Gasteiger partial charge < -0.3 is 14.8 Å². The highest BCUT2D eigenvalue weighted by atomic mass is 32.1. The molecule has 0 spiro atoms. The molecule has 2 N–H and O–H groups in total. The molecule has 0 heterocycles. The van der Waals surface area contributed by atoms with E-state index in [-0.39, 0.29) is 23.1 Å². The maximum atomic E-state index is 12.5. The Bertz CT molecular complexity index is 924. The fourth-order valence-corrected chi connectivity index (χ4v) is 3.70. The molecule has 2 aromatic carbocycles. The van der Waals surface area contributed by atoms with Crippen molar-refractivity contribution in [3.8, 4) is 5.75 Å². The molecule has 1 fully saturated rings. The third kappa shape index (κ3) is 7.34. The molecule has 1 amide bonds. The van der Waals surface area contributed by atoms with Crippen LogP contribution >= 0.6 is 12.2 Å². The maximum Gasteiger partial charge on any atom is 0.338 e. The van der Waals surface area contributed by atoms with Crippen LogP contribution in [0.1, 0.15) is 72.6 Å². The highest BCUT2D eigenvalue weighted by Gasteiger charge is 2.18. The Morgan fingerprint density at radius 3 is 2.50 bits per heavy atom. The van der Waals surface area contributed by atoms with Gasteiger partial charge in [0.1, 0.15) is 11.9 Å². The number of anilines is 1. The van der Waals surface area contributed by atoms with Crippen molar-refractivity contribution in [1.29, 1.82) is 0 Å². The summed E-state index contributed by atoms with van der Waals surface area (Å²) in [6.07, 6.45) is 7.33. The van der Waals surface area contributed by atoms with Gasteiger partial charge in [-0.2, -0.15) is 0 Å². The van der Waals surface area contributed by atoms with Crippen LogP contribution in [0.2, 0.25) is 0 Å². The summed E-state index contributed by atoms with van der Waals surface area (Å²) in [6.45, 7) is 2.71. The molecule has 1 saturated carbocycles. The number of hydrogen-bond acceptors (Lipinski definition) is 5. The largest absolute Gasteiger partial charge is 0.494 e. The van der Waals surface area contributed by atoms with Gasteiger partial charge in [-0.25, -0.2) is 4.79 Å². The normalized spacial score (nSPS) is 13.8. The van der Waals surface area contributed by atoms with Gasteiger partial charge >= 0.3 is 5.97 Å². The summed E-state index contributed by atoms with van der Waals surface area (Å²) in [6, 6.07) is 13.8. The topological polar surface area (TPSA) is 76.7 Å². The highest BCUT2D eigenvalue weighted by Crippen LogP contribution is 2.22. The third-order valence-corrected chi connectivity index (χ3v) is 5.50. The molecule has 0 aromatic heterocycles. The molecule has 2 aromatic rings. The number of unbranched alkanes of at least 4 members (excludes halogenated alkanes) is 1. The van der Waals surface area contributed by atoms with Crippen LogP contribution in [0.25, 0.3) is 0 Å². The Kier molecular flexibility index (Phi) is 9.04. The summed E-state index contributed by atoms with van der Waals surface area (Å²) in [5, 5.41) is 5.80. The molecule has 0 saturated heterocycles. The lowest BCUT2D eigenvalue weighted by molar-refractivity contribution is 0.0211. The molecule has 0 bridgehead atoms. The fourth-order valence-electron chi connectivity index (χ4n) is 3.49. The molecule has 1 aliphatic carbocycles. The first-order chi connectivity index (χ1) is 15.5. The second kappa shape index (κ2) is 12.2. The minimum absolute atomic E-state index is 0.0207. The Morgan fingerprint density at radius 2 is 1.78 bits per heavy atom. The van der Waals surface area contributed by atoms with E-state index in [1.807, 2.05) is 6.07 Å². The minimum atomic E-state index is -0.323. The van der Waals surface area contributed by atoms with Gasteiger partial charge in [0.05, 0.1) is 12.2 Å². The SMILES string of the molecule is CCCCOc1cccc(C(=O)NC(=S)Nc2ccc(C(=O)OC3CCCCC3)cc2)c1. The van der Waals surface area contributed by atoms with Crippen molar-refractivity contribution in [3.05, 3.63) is 59.7 Å². The van der Waals surface area contributed by atoms with Gasteiger partial charge in [0.2, 0.25) is 0 Å². The van der Waals surface area contributed by atoms with Crippen LogP contribution in [0.5, 0.6) is 5.75 Å². The smallest absolute Gasteiger partial charge is 0.338 e. The molecule has 3 rings (SSSR count). The van der Waals surface area contributed by atoms with E-state index in [9.17, 15) is 9.59 Å². The first-order valence-corrected chi connectivity index (χ1v) is 11.6. The summed E-state index contributed by atoms with van der Waals surface area (Å²) in [7, 11) is 0. The summed E-state index contributed by atoms with van der Waals surface area (Å²) < 4.78 is 11.2. The van der Waals surface area contributed by atoms with Gasteiger partial charge in [0.25, 0.3) is 5.91 Å². The van der Waals surface area contributed by atoms with Crippen LogP contribution < -0.4 is 15.4 Å². The number of rotatable bonds is 8. The molecular weight excluding hydrogens is 424 g/mol. The van der Waals surface area contributed by atoms with Crippen molar-refractivity contribution in [2.24, 2.45) is 0 Å². The lowest BCUT2D eigenvalue weighted by atomic mass is 9.98. The zero-order chi connectivity index (χ0) is 22.8. The van der Waals surface area contributed by atoms with E-state index in [0.717, 1.165) is 38.5 Å². The number of nitrogens with one attached hydrogen (secondary N) is 2. The lowest BCUT2D eigenvalue weighted by Crippen LogP contribution is -2.34. The van der Waals surface area contributed by atoms with E-state index in [1.54, 1.807) is 42.5 Å². The monoisotopic (exact) mass is 454 g/mol. The van der Waals surface area contributed by atoms with Crippen molar-refractivity contribution in [3.63, 3.8) is 0 Å². The van der Waals surface area contributed by atoms with Gasteiger partial charge in [-0.3, -0.25) is 10.1 Å². The molecule has 0 radical (unpaired) electrons. The first-order valence-electron chi connectivity index (χ1n) is 11.2. The summed E-state index contributed by atoms with van der Waals surface area (Å²) in [5.41, 5.74) is 1.63. The molecule has 7 heteroatoms. The number of carbonyl (C=O) groups excluding carboxylic acids is 2. The molecular formula is C25H30N2O4S. The van der Waals surface area contributed by atoms with Gasteiger partial charge in [0, 0.05) is 11.3 Å². The average Bonchev–Trinajstić information content (AvgIpc) is 2.80. The van der Waals surface area contributed by atoms with Crippen LogP contribution in [0.15, 0.2) is 48.5 Å². The Balaban J connectivity index is 1.49. The zero-order valence-electron chi connectivity index (χ0n) is 18.4. The van der Waals surface area contributed by atoms with Crippen molar-refractivity contribution >= 4 is 34.9 Å².